The van der Waals surface area contributed by atoms with Gasteiger partial charge in [0.25, 0.3) is 0 Å². The molecule has 1 nitrogen and oxygen atoms in total. The Bertz CT molecular complexity index is 160. The Morgan fingerprint density at radius 1 is 1.36 bits per heavy atom. The van der Waals surface area contributed by atoms with E-state index in [4.69, 9.17) is 5.73 Å². The quantitative estimate of drug-likeness (QED) is 0.620. The normalized spacial score (nSPS) is 14.3. The predicted octanol–water partition coefficient (Wildman–Crippen LogP) is 2.84. The van der Waals surface area contributed by atoms with Crippen molar-refractivity contribution in [3.05, 3.63) is 23.4 Å². The Balaban J connectivity index is 4.24. The van der Waals surface area contributed by atoms with Gasteiger partial charge in [-0.1, -0.05) is 32.4 Å². The van der Waals surface area contributed by atoms with E-state index in [9.17, 15) is 0 Å². The molecule has 0 heterocycles. The molecule has 0 unspecified atom stereocenters. The lowest BCUT2D eigenvalue weighted by atomic mass is 10.0. The lowest BCUT2D eigenvalue weighted by Crippen LogP contribution is -1.93. The molecule has 0 aromatic heterocycles. The average Bonchev–Trinajstić information content (AvgIpc) is 1.87. The highest BCUT2D eigenvalue weighted by Gasteiger charge is 1.97. The monoisotopic (exact) mass is 153 g/mol. The van der Waals surface area contributed by atoms with Crippen molar-refractivity contribution in [2.24, 2.45) is 11.7 Å². The molecular formula is C10H19N. The zero-order valence-corrected chi connectivity index (χ0v) is 8.02. The number of hydrogen-bond donors (Lipinski definition) is 1. The summed E-state index contributed by atoms with van der Waals surface area (Å²) in [5.41, 5.74) is 7.84. The Hall–Kier alpha value is -0.720. The average molecular weight is 153 g/mol. The van der Waals surface area contributed by atoms with Crippen molar-refractivity contribution in [1.29, 1.82) is 0 Å². The van der Waals surface area contributed by atoms with Crippen LogP contribution in [0.1, 0.15) is 34.1 Å². The molecule has 0 saturated heterocycles. The minimum Gasteiger partial charge on any atom is -0.402 e. The maximum atomic E-state index is 5.51. The van der Waals surface area contributed by atoms with Crippen molar-refractivity contribution in [3.8, 4) is 0 Å². The van der Waals surface area contributed by atoms with Gasteiger partial charge in [-0.3, -0.25) is 0 Å². The SMILES string of the molecule is CC/C(=C\C=C(/C)N)C(C)C. The van der Waals surface area contributed by atoms with Gasteiger partial charge in [0.2, 0.25) is 0 Å². The van der Waals surface area contributed by atoms with E-state index in [-0.39, 0.29) is 0 Å². The van der Waals surface area contributed by atoms with Crippen molar-refractivity contribution in [2.45, 2.75) is 34.1 Å². The molecule has 0 saturated carbocycles. The summed E-state index contributed by atoms with van der Waals surface area (Å²) >= 11 is 0. The van der Waals surface area contributed by atoms with Crippen LogP contribution < -0.4 is 5.73 Å². The summed E-state index contributed by atoms with van der Waals surface area (Å²) < 4.78 is 0. The highest BCUT2D eigenvalue weighted by atomic mass is 14.5. The second kappa shape index (κ2) is 5.00. The molecular weight excluding hydrogens is 134 g/mol. The molecule has 0 fully saturated rings. The summed E-state index contributed by atoms with van der Waals surface area (Å²) in [7, 11) is 0. The van der Waals surface area contributed by atoms with Crippen LogP contribution >= 0.6 is 0 Å². The Labute approximate surface area is 70.0 Å². The Morgan fingerprint density at radius 2 is 1.91 bits per heavy atom. The topological polar surface area (TPSA) is 26.0 Å². The maximum Gasteiger partial charge on any atom is 0.00488 e. The summed E-state index contributed by atoms with van der Waals surface area (Å²) in [4.78, 5) is 0. The predicted molar refractivity (Wildman–Crippen MR) is 51.2 cm³/mol. The molecule has 0 aromatic rings. The van der Waals surface area contributed by atoms with Crippen molar-refractivity contribution in [3.63, 3.8) is 0 Å². The third-order valence-corrected chi connectivity index (χ3v) is 1.71. The molecule has 0 bridgehead atoms. The molecule has 0 rings (SSSR count). The van der Waals surface area contributed by atoms with E-state index >= 15 is 0 Å². The highest BCUT2D eigenvalue weighted by Crippen LogP contribution is 2.12. The van der Waals surface area contributed by atoms with E-state index in [1.807, 2.05) is 13.0 Å². The van der Waals surface area contributed by atoms with E-state index in [1.165, 1.54) is 5.57 Å². The van der Waals surface area contributed by atoms with Crippen LogP contribution in [-0.2, 0) is 0 Å². The Kier molecular flexibility index (Phi) is 4.67. The van der Waals surface area contributed by atoms with Crippen molar-refractivity contribution in [2.75, 3.05) is 0 Å². The number of hydrogen-bond acceptors (Lipinski definition) is 1. The lowest BCUT2D eigenvalue weighted by Gasteiger charge is -2.06. The minimum absolute atomic E-state index is 0.635. The Morgan fingerprint density at radius 3 is 2.18 bits per heavy atom. The van der Waals surface area contributed by atoms with Gasteiger partial charge in [0.05, 0.1) is 0 Å². The van der Waals surface area contributed by atoms with E-state index < -0.39 is 0 Å². The van der Waals surface area contributed by atoms with E-state index in [2.05, 4.69) is 26.8 Å². The molecule has 0 aliphatic rings. The zero-order valence-electron chi connectivity index (χ0n) is 8.02. The first-order valence-corrected chi connectivity index (χ1v) is 4.20. The summed E-state index contributed by atoms with van der Waals surface area (Å²) in [6.45, 7) is 8.49. The first-order chi connectivity index (χ1) is 5.07. The molecule has 1 heteroatoms. The van der Waals surface area contributed by atoms with Crippen LogP contribution in [0.4, 0.5) is 0 Å². The first kappa shape index (κ1) is 10.3. The molecule has 0 amide bonds. The molecule has 11 heavy (non-hydrogen) atoms. The summed E-state index contributed by atoms with van der Waals surface area (Å²) in [6.07, 6.45) is 5.21. The van der Waals surface area contributed by atoms with Gasteiger partial charge in [0.15, 0.2) is 0 Å². The molecule has 2 N–H and O–H groups in total. The van der Waals surface area contributed by atoms with Gasteiger partial charge < -0.3 is 5.73 Å². The third kappa shape index (κ3) is 4.65. The molecule has 64 valence electrons. The van der Waals surface area contributed by atoms with Gasteiger partial charge in [-0.15, -0.1) is 0 Å². The molecule has 0 spiro atoms. The largest absolute Gasteiger partial charge is 0.402 e. The van der Waals surface area contributed by atoms with Gasteiger partial charge >= 0.3 is 0 Å². The van der Waals surface area contributed by atoms with Crippen molar-refractivity contribution < 1.29 is 0 Å². The molecule has 0 aliphatic carbocycles. The zero-order chi connectivity index (χ0) is 8.85. The molecule has 0 aliphatic heterocycles. The van der Waals surface area contributed by atoms with Crippen LogP contribution in [0.15, 0.2) is 23.4 Å². The lowest BCUT2D eigenvalue weighted by molar-refractivity contribution is 0.732. The van der Waals surface area contributed by atoms with Crippen LogP contribution in [-0.4, -0.2) is 0 Å². The molecule has 0 radical (unpaired) electrons. The fourth-order valence-electron chi connectivity index (χ4n) is 0.957. The van der Waals surface area contributed by atoms with Crippen LogP contribution in [0.2, 0.25) is 0 Å². The van der Waals surface area contributed by atoms with Gasteiger partial charge in [0, 0.05) is 5.70 Å². The van der Waals surface area contributed by atoms with Crippen LogP contribution in [0.5, 0.6) is 0 Å². The number of rotatable bonds is 3. The maximum absolute atomic E-state index is 5.51. The number of allylic oxidation sites excluding steroid dienone is 4. The summed E-state index contributed by atoms with van der Waals surface area (Å²) in [5, 5.41) is 0. The van der Waals surface area contributed by atoms with Crippen molar-refractivity contribution in [1.82, 2.24) is 0 Å². The highest BCUT2D eigenvalue weighted by molar-refractivity contribution is 5.16. The third-order valence-electron chi connectivity index (χ3n) is 1.71. The van der Waals surface area contributed by atoms with E-state index in [0.29, 0.717) is 5.92 Å². The van der Waals surface area contributed by atoms with Crippen LogP contribution in [0.3, 0.4) is 0 Å². The minimum atomic E-state index is 0.635. The fraction of sp³-hybridized carbons (Fsp3) is 0.600. The summed E-state index contributed by atoms with van der Waals surface area (Å²) in [6, 6.07) is 0. The second-order valence-electron chi connectivity index (χ2n) is 3.16. The molecule has 0 atom stereocenters. The van der Waals surface area contributed by atoms with Crippen molar-refractivity contribution >= 4 is 0 Å². The fourth-order valence-corrected chi connectivity index (χ4v) is 0.957. The van der Waals surface area contributed by atoms with Crippen LogP contribution in [0.25, 0.3) is 0 Å². The van der Waals surface area contributed by atoms with Gasteiger partial charge in [0.1, 0.15) is 0 Å². The van der Waals surface area contributed by atoms with Crippen LogP contribution in [0, 0.1) is 5.92 Å². The van der Waals surface area contributed by atoms with E-state index in [0.717, 1.165) is 12.1 Å². The smallest absolute Gasteiger partial charge is 0.00488 e. The summed E-state index contributed by atoms with van der Waals surface area (Å²) in [5.74, 6) is 0.635. The van der Waals surface area contributed by atoms with Gasteiger partial charge in [-0.25, -0.2) is 0 Å². The number of nitrogens with two attached hydrogens (primary N) is 1. The van der Waals surface area contributed by atoms with Gasteiger partial charge in [-0.2, -0.15) is 0 Å². The first-order valence-electron chi connectivity index (χ1n) is 4.20. The van der Waals surface area contributed by atoms with Gasteiger partial charge in [-0.05, 0) is 25.3 Å². The molecule has 0 aromatic carbocycles. The van der Waals surface area contributed by atoms with E-state index in [1.54, 1.807) is 0 Å². The standard InChI is InChI=1S/C10H19N/c1-5-10(8(2)3)7-6-9(4)11/h6-8H,5,11H2,1-4H3/b9-6+,10-7+. The second-order valence-corrected chi connectivity index (χ2v) is 3.16.